The lowest BCUT2D eigenvalue weighted by molar-refractivity contribution is -0.120. The number of hydrogen-bond donors (Lipinski definition) is 3. The van der Waals surface area contributed by atoms with Gasteiger partial charge in [-0.1, -0.05) is 44.2 Å². The van der Waals surface area contributed by atoms with Crippen LogP contribution in [0, 0.1) is 0 Å². The summed E-state index contributed by atoms with van der Waals surface area (Å²) >= 11 is 0. The number of fused-ring (bicyclic) bond motifs is 1. The Bertz CT molecular complexity index is 1310. The molecule has 0 saturated carbocycles. The van der Waals surface area contributed by atoms with E-state index in [0.717, 1.165) is 5.56 Å². The summed E-state index contributed by atoms with van der Waals surface area (Å²) < 4.78 is 32.1. The van der Waals surface area contributed by atoms with Crippen molar-refractivity contribution in [2.24, 2.45) is 0 Å². The number of benzene rings is 1. The molecule has 0 bridgehead atoms. The average molecular weight is 526 g/mol. The van der Waals surface area contributed by atoms with Gasteiger partial charge in [-0.25, -0.2) is 0 Å². The van der Waals surface area contributed by atoms with E-state index in [2.05, 4.69) is 10.3 Å². The normalized spacial score (nSPS) is 21.4. The average Bonchev–Trinajstić information content (AvgIpc) is 3.35. The molecule has 0 unspecified atom stereocenters. The first-order chi connectivity index (χ1) is 18.0. The van der Waals surface area contributed by atoms with E-state index in [1.54, 1.807) is 23.1 Å². The number of carbonyl (C=O) groups is 1. The van der Waals surface area contributed by atoms with Crippen molar-refractivity contribution in [3.05, 3.63) is 71.5 Å². The van der Waals surface area contributed by atoms with Crippen molar-refractivity contribution in [1.29, 1.82) is 0 Å². The summed E-state index contributed by atoms with van der Waals surface area (Å²) in [4.78, 5) is 21.5. The molecule has 4 heterocycles. The zero-order valence-corrected chi connectivity index (χ0v) is 21.7. The highest BCUT2D eigenvalue weighted by molar-refractivity contribution is 5.97. The smallest absolute Gasteiger partial charge is 0.314 e. The third kappa shape index (κ3) is 4.74. The minimum absolute atomic E-state index is 0.0537. The molecule has 1 fully saturated rings. The molecule has 5 rings (SSSR count). The molecule has 0 spiro atoms. The summed E-state index contributed by atoms with van der Waals surface area (Å²) in [6, 6.07) is 11.7. The van der Waals surface area contributed by atoms with E-state index in [-0.39, 0.29) is 48.4 Å². The van der Waals surface area contributed by atoms with Gasteiger partial charge in [0.15, 0.2) is 11.8 Å². The molecular formula is C28H33F2N5O3. The lowest BCUT2D eigenvalue weighted by Crippen LogP contribution is -2.59. The van der Waals surface area contributed by atoms with Crippen LogP contribution >= 0.6 is 0 Å². The molecule has 0 aliphatic carbocycles. The maximum atomic E-state index is 15.4. The highest BCUT2D eigenvalue weighted by Crippen LogP contribution is 2.43. The summed E-state index contributed by atoms with van der Waals surface area (Å²) in [6.07, 6.45) is 1.47. The van der Waals surface area contributed by atoms with Crippen LogP contribution in [0.4, 0.5) is 14.5 Å². The number of piperazine rings is 1. The highest BCUT2D eigenvalue weighted by Gasteiger charge is 2.43. The molecule has 2 atom stereocenters. The van der Waals surface area contributed by atoms with Crippen LogP contribution in [-0.4, -0.2) is 68.8 Å². The van der Waals surface area contributed by atoms with Crippen LogP contribution in [0.3, 0.4) is 0 Å². The molecule has 0 radical (unpaired) electrons. The molecule has 3 N–H and O–H groups in total. The first-order valence-electron chi connectivity index (χ1n) is 12.8. The van der Waals surface area contributed by atoms with Gasteiger partial charge in [0.25, 0.3) is 0 Å². The fraction of sp³-hybridized carbons (Fsp3) is 0.429. The van der Waals surface area contributed by atoms with Gasteiger partial charge in [-0.2, -0.15) is 8.78 Å². The minimum Gasteiger partial charge on any atom is -0.494 e. The fourth-order valence-corrected chi connectivity index (χ4v) is 5.45. The Morgan fingerprint density at radius 1 is 1.16 bits per heavy atom. The van der Waals surface area contributed by atoms with E-state index in [1.807, 2.05) is 25.7 Å². The topological polar surface area (TPSA) is 93.9 Å². The molecule has 38 heavy (non-hydrogen) atoms. The number of carbonyl (C=O) groups excluding carboxylic acids is 1. The molecule has 1 amide bonds. The van der Waals surface area contributed by atoms with Gasteiger partial charge in [-0.05, 0) is 13.0 Å². The number of pyridine rings is 1. The van der Waals surface area contributed by atoms with Crippen molar-refractivity contribution in [2.75, 3.05) is 31.1 Å². The van der Waals surface area contributed by atoms with Crippen LogP contribution in [0.5, 0.6) is 11.8 Å². The zero-order chi connectivity index (χ0) is 27.2. The van der Waals surface area contributed by atoms with Gasteiger partial charge in [-0.3, -0.25) is 19.2 Å². The van der Waals surface area contributed by atoms with Crippen molar-refractivity contribution in [2.45, 2.75) is 50.7 Å². The van der Waals surface area contributed by atoms with Gasteiger partial charge in [0, 0.05) is 73.1 Å². The summed E-state index contributed by atoms with van der Waals surface area (Å²) in [5.74, 6) is -3.61. The number of aromatic hydroxyl groups is 2. The van der Waals surface area contributed by atoms with E-state index in [0.29, 0.717) is 25.3 Å². The summed E-state index contributed by atoms with van der Waals surface area (Å²) in [5.41, 5.74) is 0.214. The standard InChI is InChI=1S/C28H33F2N5O3/c1-18-14-33(20(12-31-18)15-34-24(36)9-10-25(34)37)16-26(38)35-17-27(2,3)21-13-32-23(11-22(21)35)28(29,30)19-7-5-4-6-8-19/h4-11,13,18,20,31,36-37H,12,14-17H2,1-3H3/t18-,20-/m1/s1. The number of anilines is 1. The lowest BCUT2D eigenvalue weighted by Gasteiger charge is -2.40. The van der Waals surface area contributed by atoms with Crippen LogP contribution in [0.2, 0.25) is 0 Å². The van der Waals surface area contributed by atoms with Crippen LogP contribution in [0.1, 0.15) is 37.6 Å². The van der Waals surface area contributed by atoms with Crippen LogP contribution in [0.25, 0.3) is 0 Å². The molecule has 2 aliphatic rings. The Labute approximate surface area is 220 Å². The second kappa shape index (κ2) is 9.67. The number of amides is 1. The Kier molecular flexibility index (Phi) is 6.65. The molecule has 3 aromatic rings. The number of aromatic nitrogens is 2. The molecule has 2 aromatic heterocycles. The van der Waals surface area contributed by atoms with Gasteiger partial charge in [0.05, 0.1) is 12.2 Å². The Morgan fingerprint density at radius 3 is 2.53 bits per heavy atom. The van der Waals surface area contributed by atoms with Crippen LogP contribution in [0.15, 0.2) is 54.7 Å². The molecule has 2 aliphatic heterocycles. The molecule has 1 saturated heterocycles. The number of nitrogens with zero attached hydrogens (tertiary/aromatic N) is 4. The lowest BCUT2D eigenvalue weighted by atomic mass is 9.88. The first-order valence-corrected chi connectivity index (χ1v) is 12.8. The van der Waals surface area contributed by atoms with Crippen LogP contribution < -0.4 is 10.2 Å². The predicted octanol–water partition coefficient (Wildman–Crippen LogP) is 3.42. The van der Waals surface area contributed by atoms with Crippen molar-refractivity contribution in [1.82, 2.24) is 19.8 Å². The SMILES string of the molecule is C[C@@H]1CN(CC(=O)N2CC(C)(C)c3cnc(C(F)(F)c4ccccc4)cc32)[C@@H](Cn2c(O)ccc2O)CN1. The van der Waals surface area contributed by atoms with E-state index in [4.69, 9.17) is 0 Å². The molecule has 202 valence electrons. The first kappa shape index (κ1) is 26.1. The minimum atomic E-state index is -3.31. The number of halogens is 2. The van der Waals surface area contributed by atoms with E-state index < -0.39 is 17.0 Å². The fourth-order valence-electron chi connectivity index (χ4n) is 5.45. The molecular weight excluding hydrogens is 492 g/mol. The number of hydrogen-bond acceptors (Lipinski definition) is 6. The molecule has 1 aromatic carbocycles. The number of alkyl halides is 2. The zero-order valence-electron chi connectivity index (χ0n) is 21.7. The number of nitrogens with one attached hydrogen (secondary N) is 1. The maximum Gasteiger partial charge on any atom is 0.314 e. The maximum absolute atomic E-state index is 15.4. The second-order valence-electron chi connectivity index (χ2n) is 10.9. The Balaban J connectivity index is 1.41. The van der Waals surface area contributed by atoms with Gasteiger partial charge < -0.3 is 20.4 Å². The molecule has 10 heteroatoms. The Hall–Kier alpha value is -3.50. The summed E-state index contributed by atoms with van der Waals surface area (Å²) in [7, 11) is 0. The summed E-state index contributed by atoms with van der Waals surface area (Å²) in [6.45, 7) is 7.83. The van der Waals surface area contributed by atoms with Gasteiger partial charge in [0.1, 0.15) is 5.69 Å². The van der Waals surface area contributed by atoms with Crippen molar-refractivity contribution < 1.29 is 23.8 Å². The van der Waals surface area contributed by atoms with Crippen LogP contribution in [-0.2, 0) is 22.7 Å². The quantitative estimate of drug-likeness (QED) is 0.457. The summed E-state index contributed by atoms with van der Waals surface area (Å²) in [5, 5.41) is 23.6. The van der Waals surface area contributed by atoms with Crippen molar-refractivity contribution in [3.8, 4) is 11.8 Å². The van der Waals surface area contributed by atoms with Crippen molar-refractivity contribution in [3.63, 3.8) is 0 Å². The molecule has 8 nitrogen and oxygen atoms in total. The van der Waals surface area contributed by atoms with E-state index in [9.17, 15) is 15.0 Å². The third-order valence-electron chi connectivity index (χ3n) is 7.61. The predicted molar refractivity (Wildman–Crippen MR) is 140 cm³/mol. The second-order valence-corrected chi connectivity index (χ2v) is 10.9. The van der Waals surface area contributed by atoms with Gasteiger partial charge >= 0.3 is 5.92 Å². The van der Waals surface area contributed by atoms with Crippen molar-refractivity contribution >= 4 is 11.6 Å². The Morgan fingerprint density at radius 2 is 1.84 bits per heavy atom. The monoisotopic (exact) mass is 525 g/mol. The number of rotatable bonds is 6. The largest absolute Gasteiger partial charge is 0.494 e. The van der Waals surface area contributed by atoms with E-state index in [1.165, 1.54) is 41.1 Å². The highest BCUT2D eigenvalue weighted by atomic mass is 19.3. The van der Waals surface area contributed by atoms with E-state index >= 15 is 8.78 Å². The van der Waals surface area contributed by atoms with Gasteiger partial charge in [0.2, 0.25) is 5.91 Å². The third-order valence-corrected chi connectivity index (χ3v) is 7.61. The van der Waals surface area contributed by atoms with Gasteiger partial charge in [-0.15, -0.1) is 0 Å².